The molecule has 1 aliphatic carbocycles. The smallest absolute Gasteiger partial charge is 0.358 e. The number of rotatable bonds is 7. The monoisotopic (exact) mass is 453 g/mol. The molecular formula is C23H27N5O5. The Morgan fingerprint density at radius 2 is 1.85 bits per heavy atom. The van der Waals surface area contributed by atoms with E-state index >= 15 is 0 Å². The molecule has 1 aliphatic heterocycles. The number of aromatic nitrogens is 2. The quantitative estimate of drug-likeness (QED) is 0.491. The first-order valence-electron chi connectivity index (χ1n) is 11.2. The van der Waals surface area contributed by atoms with Crippen molar-refractivity contribution < 1.29 is 23.9 Å². The van der Waals surface area contributed by atoms with Crippen LogP contribution in [0.2, 0.25) is 0 Å². The van der Waals surface area contributed by atoms with Crippen molar-refractivity contribution in [2.75, 3.05) is 18.5 Å². The van der Waals surface area contributed by atoms with Gasteiger partial charge in [-0.1, -0.05) is 19.3 Å². The largest absolute Gasteiger partial charge is 0.461 e. The number of carbonyl (C=O) groups is 4. The third-order valence-electron chi connectivity index (χ3n) is 6.00. The number of nitrogens with zero attached hydrogens (tertiary/aromatic N) is 3. The zero-order chi connectivity index (χ0) is 23.4. The third kappa shape index (κ3) is 4.74. The first kappa shape index (κ1) is 22.5. The number of amides is 4. The summed E-state index contributed by atoms with van der Waals surface area (Å²) in [4.78, 5) is 50.4. The molecule has 10 nitrogen and oxygen atoms in total. The van der Waals surface area contributed by atoms with Crippen LogP contribution >= 0.6 is 0 Å². The van der Waals surface area contributed by atoms with E-state index in [2.05, 4.69) is 15.7 Å². The lowest BCUT2D eigenvalue weighted by molar-refractivity contribution is -0.132. The topological polar surface area (TPSA) is 123 Å². The highest BCUT2D eigenvalue weighted by Gasteiger charge is 2.51. The van der Waals surface area contributed by atoms with Crippen molar-refractivity contribution >= 4 is 29.5 Å². The highest BCUT2D eigenvalue weighted by atomic mass is 16.5. The highest BCUT2D eigenvalue weighted by molar-refractivity contribution is 6.07. The zero-order valence-corrected chi connectivity index (χ0v) is 18.5. The van der Waals surface area contributed by atoms with Crippen LogP contribution in [0.4, 0.5) is 10.5 Å². The second-order valence-corrected chi connectivity index (χ2v) is 8.24. The third-order valence-corrected chi connectivity index (χ3v) is 6.00. The van der Waals surface area contributed by atoms with Crippen molar-refractivity contribution in [1.82, 2.24) is 20.0 Å². The molecule has 0 radical (unpaired) electrons. The van der Waals surface area contributed by atoms with E-state index in [9.17, 15) is 19.2 Å². The summed E-state index contributed by atoms with van der Waals surface area (Å²) < 4.78 is 6.47. The van der Waals surface area contributed by atoms with Crippen LogP contribution in [0.1, 0.15) is 55.9 Å². The summed E-state index contributed by atoms with van der Waals surface area (Å²) in [6.45, 7) is 2.05. The summed E-state index contributed by atoms with van der Waals surface area (Å²) in [5, 5.41) is 9.81. The van der Waals surface area contributed by atoms with Gasteiger partial charge in [0.1, 0.15) is 5.54 Å². The molecular weight excluding hydrogens is 426 g/mol. The van der Waals surface area contributed by atoms with E-state index in [-0.39, 0.29) is 37.1 Å². The van der Waals surface area contributed by atoms with Crippen LogP contribution < -0.4 is 10.6 Å². The van der Waals surface area contributed by atoms with Gasteiger partial charge in [-0.15, -0.1) is 0 Å². The lowest BCUT2D eigenvalue weighted by atomic mass is 9.82. The second kappa shape index (κ2) is 9.43. The predicted molar refractivity (Wildman–Crippen MR) is 119 cm³/mol. The van der Waals surface area contributed by atoms with Gasteiger partial charge in [-0.05, 0) is 50.1 Å². The van der Waals surface area contributed by atoms with E-state index in [1.807, 2.05) is 0 Å². The first-order valence-corrected chi connectivity index (χ1v) is 11.2. The van der Waals surface area contributed by atoms with E-state index in [4.69, 9.17) is 4.74 Å². The molecule has 1 spiro atoms. The highest BCUT2D eigenvalue weighted by Crippen LogP contribution is 2.33. The Bertz CT molecular complexity index is 1060. The average Bonchev–Trinajstić information content (AvgIpc) is 3.38. The molecule has 174 valence electrons. The number of hydrogen-bond acceptors (Lipinski definition) is 6. The van der Waals surface area contributed by atoms with Gasteiger partial charge < -0.3 is 15.4 Å². The first-order chi connectivity index (χ1) is 15.9. The normalized spacial score (nSPS) is 17.2. The molecule has 10 heteroatoms. The molecule has 1 aromatic carbocycles. The molecule has 2 fully saturated rings. The molecule has 1 saturated heterocycles. The van der Waals surface area contributed by atoms with Crippen LogP contribution in [-0.4, -0.2) is 57.2 Å². The maximum atomic E-state index is 12.8. The Balaban J connectivity index is 1.31. The Kier molecular flexibility index (Phi) is 6.43. The minimum atomic E-state index is -0.777. The summed E-state index contributed by atoms with van der Waals surface area (Å²) >= 11 is 0. The summed E-state index contributed by atoms with van der Waals surface area (Å²) in [5.74, 6) is -0.998. The van der Waals surface area contributed by atoms with Gasteiger partial charge in [-0.2, -0.15) is 5.10 Å². The molecule has 2 heterocycles. The van der Waals surface area contributed by atoms with Crippen molar-refractivity contribution in [1.29, 1.82) is 0 Å². The van der Waals surface area contributed by atoms with Crippen LogP contribution in [0.15, 0.2) is 36.5 Å². The SMILES string of the molecule is CCOC(=O)c1ccn(-c2ccc(NC(=O)CCN3C(=O)NC4(CCCCC4)C3=O)cc2)n1. The van der Waals surface area contributed by atoms with Crippen LogP contribution in [0.25, 0.3) is 5.69 Å². The zero-order valence-electron chi connectivity index (χ0n) is 18.5. The fourth-order valence-electron chi connectivity index (χ4n) is 4.29. The Labute approximate surface area is 191 Å². The van der Waals surface area contributed by atoms with Crippen molar-refractivity contribution in [2.45, 2.75) is 51.0 Å². The summed E-state index contributed by atoms with van der Waals surface area (Å²) in [7, 11) is 0. The molecule has 4 rings (SSSR count). The van der Waals surface area contributed by atoms with Gasteiger partial charge >= 0.3 is 12.0 Å². The molecule has 2 aliphatic rings. The van der Waals surface area contributed by atoms with Gasteiger partial charge in [0.05, 0.1) is 12.3 Å². The van der Waals surface area contributed by atoms with Crippen molar-refractivity contribution in [3.8, 4) is 5.69 Å². The van der Waals surface area contributed by atoms with E-state index < -0.39 is 17.5 Å². The molecule has 2 N–H and O–H groups in total. The fraction of sp³-hybridized carbons (Fsp3) is 0.435. The molecule has 2 aromatic rings. The number of anilines is 1. The van der Waals surface area contributed by atoms with E-state index in [1.54, 1.807) is 43.5 Å². The number of benzene rings is 1. The fourth-order valence-corrected chi connectivity index (χ4v) is 4.29. The summed E-state index contributed by atoms with van der Waals surface area (Å²) in [6, 6.07) is 8.08. The van der Waals surface area contributed by atoms with Gasteiger partial charge in [0.2, 0.25) is 5.91 Å². The number of urea groups is 1. The number of imide groups is 1. The second-order valence-electron chi connectivity index (χ2n) is 8.24. The van der Waals surface area contributed by atoms with E-state index in [1.165, 1.54) is 4.68 Å². The van der Waals surface area contributed by atoms with Crippen LogP contribution in [0.5, 0.6) is 0 Å². The summed E-state index contributed by atoms with van der Waals surface area (Å²) in [5.41, 5.74) is 0.717. The van der Waals surface area contributed by atoms with Gasteiger partial charge in [-0.3, -0.25) is 14.5 Å². The Hall–Kier alpha value is -3.69. The predicted octanol–water partition coefficient (Wildman–Crippen LogP) is 2.63. The Morgan fingerprint density at radius 1 is 1.12 bits per heavy atom. The number of hydrogen-bond donors (Lipinski definition) is 2. The van der Waals surface area contributed by atoms with Gasteiger partial charge in [0, 0.05) is 24.8 Å². The minimum Gasteiger partial charge on any atom is -0.461 e. The number of carbonyl (C=O) groups excluding carboxylic acids is 4. The molecule has 0 atom stereocenters. The Morgan fingerprint density at radius 3 is 2.55 bits per heavy atom. The van der Waals surface area contributed by atoms with Crippen molar-refractivity contribution in [2.24, 2.45) is 0 Å². The van der Waals surface area contributed by atoms with Gasteiger partial charge in [0.15, 0.2) is 5.69 Å². The lowest BCUT2D eigenvalue weighted by Gasteiger charge is -2.30. The van der Waals surface area contributed by atoms with Gasteiger partial charge in [-0.25, -0.2) is 14.3 Å². The molecule has 4 amide bonds. The number of ether oxygens (including phenoxy) is 1. The van der Waals surface area contributed by atoms with Gasteiger partial charge in [0.25, 0.3) is 5.91 Å². The maximum absolute atomic E-state index is 12.8. The molecule has 33 heavy (non-hydrogen) atoms. The van der Waals surface area contributed by atoms with Crippen molar-refractivity contribution in [3.63, 3.8) is 0 Å². The molecule has 1 aromatic heterocycles. The molecule has 0 bridgehead atoms. The minimum absolute atomic E-state index is 0.0129. The average molecular weight is 453 g/mol. The summed E-state index contributed by atoms with van der Waals surface area (Å²) in [6.07, 6.45) is 5.88. The van der Waals surface area contributed by atoms with Crippen molar-refractivity contribution in [3.05, 3.63) is 42.2 Å². The molecule has 0 unspecified atom stereocenters. The standard InChI is InChI=1S/C23H27N5O5/c1-2-33-20(30)18-10-15-28(26-18)17-8-6-16(7-9-17)24-19(29)11-14-27-21(31)23(25-22(27)32)12-4-3-5-13-23/h6-10,15H,2-5,11-14H2,1H3,(H,24,29)(H,25,32). The van der Waals surface area contributed by atoms with Crippen LogP contribution in [-0.2, 0) is 14.3 Å². The maximum Gasteiger partial charge on any atom is 0.358 e. The van der Waals surface area contributed by atoms with Crippen LogP contribution in [0.3, 0.4) is 0 Å². The number of esters is 1. The molecule has 1 saturated carbocycles. The van der Waals surface area contributed by atoms with Crippen LogP contribution in [0, 0.1) is 0 Å². The number of nitrogens with one attached hydrogen (secondary N) is 2. The van der Waals surface area contributed by atoms with E-state index in [0.717, 1.165) is 24.2 Å². The van der Waals surface area contributed by atoms with E-state index in [0.29, 0.717) is 24.2 Å². The lowest BCUT2D eigenvalue weighted by Crippen LogP contribution is -2.48.